The van der Waals surface area contributed by atoms with Crippen molar-refractivity contribution in [3.63, 3.8) is 0 Å². The third-order valence-electron chi connectivity index (χ3n) is 4.74. The van der Waals surface area contributed by atoms with Crippen LogP contribution in [0.15, 0.2) is 24.3 Å². The molecule has 1 saturated carbocycles. The van der Waals surface area contributed by atoms with E-state index in [0.717, 1.165) is 18.4 Å². The van der Waals surface area contributed by atoms with Crippen LogP contribution in [0.4, 0.5) is 0 Å². The lowest BCUT2D eigenvalue weighted by Crippen LogP contribution is -2.41. The predicted molar refractivity (Wildman–Crippen MR) is 94.4 cm³/mol. The zero-order valence-corrected chi connectivity index (χ0v) is 15.4. The smallest absolute Gasteiger partial charge is 0.151 e. The lowest BCUT2D eigenvalue weighted by molar-refractivity contribution is 0.170. The number of hydrogen-bond acceptors (Lipinski definition) is 4. The molecule has 130 valence electrons. The highest BCUT2D eigenvalue weighted by molar-refractivity contribution is 7.91. The van der Waals surface area contributed by atoms with Crippen LogP contribution in [0.5, 0.6) is 0 Å². The second-order valence-electron chi connectivity index (χ2n) is 7.70. The Morgan fingerprint density at radius 1 is 1.22 bits per heavy atom. The fourth-order valence-electron chi connectivity index (χ4n) is 3.26. The molecule has 5 heteroatoms. The number of sulfone groups is 1. The summed E-state index contributed by atoms with van der Waals surface area (Å²) in [5, 5.41) is 13.3. The summed E-state index contributed by atoms with van der Waals surface area (Å²) in [4.78, 5) is 0. The molecule has 0 aromatic heterocycles. The van der Waals surface area contributed by atoms with E-state index in [9.17, 15) is 13.5 Å². The van der Waals surface area contributed by atoms with Crippen LogP contribution in [0.1, 0.15) is 57.3 Å². The maximum absolute atomic E-state index is 11.8. The van der Waals surface area contributed by atoms with E-state index in [0.29, 0.717) is 13.0 Å². The highest BCUT2D eigenvalue weighted by atomic mass is 32.2. The fraction of sp³-hybridized carbons (Fsp3) is 0.667. The van der Waals surface area contributed by atoms with Gasteiger partial charge in [0.25, 0.3) is 0 Å². The molecular formula is C18H29NO3S. The van der Waals surface area contributed by atoms with Crippen molar-refractivity contribution in [2.45, 2.75) is 62.8 Å². The lowest BCUT2D eigenvalue weighted by Gasteiger charge is -2.23. The largest absolute Gasteiger partial charge is 0.387 e. The van der Waals surface area contributed by atoms with Crippen molar-refractivity contribution >= 4 is 9.84 Å². The van der Waals surface area contributed by atoms with Crippen LogP contribution in [0, 0.1) is 0 Å². The molecule has 23 heavy (non-hydrogen) atoms. The summed E-state index contributed by atoms with van der Waals surface area (Å²) in [6, 6.07) is 7.96. The molecule has 0 bridgehead atoms. The van der Waals surface area contributed by atoms with Crippen molar-refractivity contribution in [2.24, 2.45) is 0 Å². The standard InChI is InChI=1S/C18H29NO3S/c1-18(2,3)14-10-8-13(9-11-14)16(20)12-19-15-6-5-7-17(15)23(4,21)22/h8-11,15-17,19-20H,5-7,12H2,1-4H3. The van der Waals surface area contributed by atoms with Gasteiger partial charge in [0.15, 0.2) is 9.84 Å². The molecule has 1 aliphatic rings. The average Bonchev–Trinajstić information content (AvgIpc) is 2.92. The minimum Gasteiger partial charge on any atom is -0.387 e. The Bertz CT molecular complexity index is 617. The van der Waals surface area contributed by atoms with Crippen LogP contribution in [-0.2, 0) is 15.3 Å². The normalized spacial score (nSPS) is 23.9. The molecule has 1 fully saturated rings. The molecule has 0 amide bonds. The minimum atomic E-state index is -3.03. The summed E-state index contributed by atoms with van der Waals surface area (Å²) in [6.45, 7) is 6.85. The first-order valence-electron chi connectivity index (χ1n) is 8.30. The Labute approximate surface area is 140 Å². The Hall–Kier alpha value is -0.910. The van der Waals surface area contributed by atoms with E-state index in [-0.39, 0.29) is 16.7 Å². The highest BCUT2D eigenvalue weighted by Gasteiger charge is 2.34. The molecule has 1 aromatic carbocycles. The topological polar surface area (TPSA) is 66.4 Å². The Balaban J connectivity index is 1.96. The van der Waals surface area contributed by atoms with Gasteiger partial charge in [0.2, 0.25) is 0 Å². The summed E-state index contributed by atoms with van der Waals surface area (Å²) >= 11 is 0. The molecule has 0 saturated heterocycles. The molecular weight excluding hydrogens is 310 g/mol. The van der Waals surface area contributed by atoms with Crippen LogP contribution in [0.2, 0.25) is 0 Å². The van der Waals surface area contributed by atoms with E-state index in [2.05, 4.69) is 26.1 Å². The molecule has 4 nitrogen and oxygen atoms in total. The van der Waals surface area contributed by atoms with E-state index in [1.165, 1.54) is 11.8 Å². The van der Waals surface area contributed by atoms with Crippen molar-refractivity contribution in [2.75, 3.05) is 12.8 Å². The second kappa shape index (κ2) is 6.91. The number of hydrogen-bond donors (Lipinski definition) is 2. The highest BCUT2D eigenvalue weighted by Crippen LogP contribution is 2.26. The zero-order valence-electron chi connectivity index (χ0n) is 14.5. The number of rotatable bonds is 5. The molecule has 0 aliphatic heterocycles. The third kappa shape index (κ3) is 4.78. The van der Waals surface area contributed by atoms with Crippen LogP contribution in [-0.4, -0.2) is 37.6 Å². The molecule has 0 radical (unpaired) electrons. The number of nitrogens with one attached hydrogen (secondary N) is 1. The van der Waals surface area contributed by atoms with Crippen molar-refractivity contribution in [1.82, 2.24) is 5.32 Å². The summed E-state index contributed by atoms with van der Waals surface area (Å²) < 4.78 is 23.6. The zero-order chi connectivity index (χ0) is 17.3. The van der Waals surface area contributed by atoms with Crippen molar-refractivity contribution < 1.29 is 13.5 Å². The van der Waals surface area contributed by atoms with Gasteiger partial charge in [-0.25, -0.2) is 8.42 Å². The maximum Gasteiger partial charge on any atom is 0.151 e. The summed E-state index contributed by atoms with van der Waals surface area (Å²) in [7, 11) is -3.03. The van der Waals surface area contributed by atoms with Gasteiger partial charge >= 0.3 is 0 Å². The molecule has 2 N–H and O–H groups in total. The Morgan fingerprint density at radius 2 is 1.83 bits per heavy atom. The average molecular weight is 340 g/mol. The van der Waals surface area contributed by atoms with Gasteiger partial charge in [0.1, 0.15) is 0 Å². The van der Waals surface area contributed by atoms with E-state index in [4.69, 9.17) is 0 Å². The Morgan fingerprint density at radius 3 is 2.35 bits per heavy atom. The SMILES string of the molecule is CC(C)(C)c1ccc(C(O)CNC2CCCC2S(C)(=O)=O)cc1. The first-order valence-corrected chi connectivity index (χ1v) is 10.3. The number of aliphatic hydroxyl groups is 1. The number of benzene rings is 1. The summed E-state index contributed by atoms with van der Waals surface area (Å²) in [5.74, 6) is 0. The van der Waals surface area contributed by atoms with Crippen LogP contribution in [0.25, 0.3) is 0 Å². The van der Waals surface area contributed by atoms with Gasteiger partial charge in [-0.05, 0) is 29.4 Å². The predicted octanol–water partition coefficient (Wildman–Crippen LogP) is 2.57. The van der Waals surface area contributed by atoms with E-state index < -0.39 is 15.9 Å². The summed E-state index contributed by atoms with van der Waals surface area (Å²) in [6.07, 6.45) is 3.18. The van der Waals surface area contributed by atoms with Gasteiger partial charge in [-0.15, -0.1) is 0 Å². The molecule has 0 heterocycles. The quantitative estimate of drug-likeness (QED) is 0.865. The molecule has 1 aromatic rings. The molecule has 2 rings (SSSR count). The molecule has 3 unspecified atom stereocenters. The molecule has 0 spiro atoms. The first kappa shape index (κ1) is 18.4. The van der Waals surface area contributed by atoms with E-state index in [1.54, 1.807) is 0 Å². The summed E-state index contributed by atoms with van der Waals surface area (Å²) in [5.41, 5.74) is 2.18. The van der Waals surface area contributed by atoms with E-state index >= 15 is 0 Å². The minimum absolute atomic E-state index is 0.0477. The van der Waals surface area contributed by atoms with Crippen LogP contribution in [0.3, 0.4) is 0 Å². The van der Waals surface area contributed by atoms with Gasteiger partial charge in [0, 0.05) is 18.8 Å². The van der Waals surface area contributed by atoms with Gasteiger partial charge in [-0.3, -0.25) is 0 Å². The van der Waals surface area contributed by atoms with Crippen molar-refractivity contribution in [3.05, 3.63) is 35.4 Å². The number of aliphatic hydroxyl groups excluding tert-OH is 1. The van der Waals surface area contributed by atoms with Crippen molar-refractivity contribution in [3.8, 4) is 0 Å². The monoisotopic (exact) mass is 339 g/mol. The van der Waals surface area contributed by atoms with Gasteiger partial charge in [-0.2, -0.15) is 0 Å². The van der Waals surface area contributed by atoms with E-state index in [1.807, 2.05) is 24.3 Å². The third-order valence-corrected chi connectivity index (χ3v) is 6.40. The van der Waals surface area contributed by atoms with Crippen LogP contribution < -0.4 is 5.32 Å². The van der Waals surface area contributed by atoms with Gasteiger partial charge in [-0.1, -0.05) is 51.5 Å². The Kier molecular flexibility index (Phi) is 5.54. The first-order chi connectivity index (χ1) is 10.6. The molecule has 3 atom stereocenters. The fourth-order valence-corrected chi connectivity index (χ4v) is 4.68. The van der Waals surface area contributed by atoms with Crippen LogP contribution >= 0.6 is 0 Å². The maximum atomic E-state index is 11.8. The lowest BCUT2D eigenvalue weighted by atomic mass is 9.86. The van der Waals surface area contributed by atoms with Gasteiger partial charge in [0.05, 0.1) is 11.4 Å². The second-order valence-corrected chi connectivity index (χ2v) is 9.97. The van der Waals surface area contributed by atoms with Crippen molar-refractivity contribution in [1.29, 1.82) is 0 Å². The molecule has 1 aliphatic carbocycles. The van der Waals surface area contributed by atoms with Gasteiger partial charge < -0.3 is 10.4 Å².